The first-order chi connectivity index (χ1) is 28.9. The highest BCUT2D eigenvalue weighted by Gasteiger charge is 2.39. The van der Waals surface area contributed by atoms with Crippen LogP contribution in [0.3, 0.4) is 0 Å². The fraction of sp³-hybridized carbons (Fsp3) is 0.455. The first-order valence-corrected chi connectivity index (χ1v) is 20.7. The number of nitrogens with zero attached hydrogens (tertiary/aromatic N) is 5. The van der Waals surface area contributed by atoms with Gasteiger partial charge in [0.2, 0.25) is 11.8 Å². The van der Waals surface area contributed by atoms with Gasteiger partial charge in [-0.1, -0.05) is 39.8 Å². The fourth-order valence-corrected chi connectivity index (χ4v) is 8.93. The third kappa shape index (κ3) is 7.43. The van der Waals surface area contributed by atoms with Gasteiger partial charge in [0.1, 0.15) is 29.5 Å². The summed E-state index contributed by atoms with van der Waals surface area (Å²) in [6.45, 7) is 10.8. The Morgan fingerprint density at radius 3 is 1.78 bits per heavy atom. The van der Waals surface area contributed by atoms with Gasteiger partial charge in [0.15, 0.2) is 6.23 Å². The zero-order valence-corrected chi connectivity index (χ0v) is 35.1. The normalized spacial score (nSPS) is 19.5. The number of likely N-dealkylation sites (tertiary alicyclic amines) is 2. The van der Waals surface area contributed by atoms with E-state index in [0.717, 1.165) is 76.1 Å². The summed E-state index contributed by atoms with van der Waals surface area (Å²) >= 11 is 0. The molecular weight excluding hydrogens is 767 g/mol. The highest BCUT2D eigenvalue weighted by Crippen LogP contribution is 2.44. The fourth-order valence-electron chi connectivity index (χ4n) is 8.93. The van der Waals surface area contributed by atoms with Gasteiger partial charge in [0.05, 0.1) is 61.3 Å². The summed E-state index contributed by atoms with van der Waals surface area (Å²) in [7, 11) is 2.58. The number of aromatic nitrogens is 5. The number of rotatable bonds is 10. The third-order valence-electron chi connectivity index (χ3n) is 12.1. The van der Waals surface area contributed by atoms with Gasteiger partial charge in [0.25, 0.3) is 0 Å². The lowest BCUT2D eigenvalue weighted by molar-refractivity contribution is -0.136. The van der Waals surface area contributed by atoms with Crippen LogP contribution in [0.2, 0.25) is 0 Å². The summed E-state index contributed by atoms with van der Waals surface area (Å²) < 4.78 is 18.3. The minimum absolute atomic E-state index is 0.117. The smallest absolute Gasteiger partial charge is 0.407 e. The molecule has 3 aliphatic rings. The third-order valence-corrected chi connectivity index (χ3v) is 12.1. The molecule has 2 fully saturated rings. The summed E-state index contributed by atoms with van der Waals surface area (Å²) in [6, 6.07) is 12.8. The number of hydrogen-bond acceptors (Lipinski definition) is 9. The van der Waals surface area contributed by atoms with E-state index < -0.39 is 24.3 Å². The number of aromatic amines is 2. The molecule has 316 valence electrons. The van der Waals surface area contributed by atoms with Crippen molar-refractivity contribution in [2.24, 2.45) is 11.8 Å². The van der Waals surface area contributed by atoms with Gasteiger partial charge in [-0.05, 0) is 74.8 Å². The molecule has 2 saturated heterocycles. The van der Waals surface area contributed by atoms with Crippen molar-refractivity contribution in [1.82, 2.24) is 44.9 Å². The number of alkyl carbamates (subject to hydrolysis) is 2. The SMILES string of the molecule is COC(=O)N[C@H](C(=O)N1CCC[C@H]1c1ncc(-c2ccc3c(c2)OC(C)n2c-3cc3cc(-c4cnc([C@@H]5CCCN5C(=O)[C@@H](NC(=O)OC)C(C)C)[nH]4)ccc32)[nH]1)C(C)C. The second-order valence-electron chi connectivity index (χ2n) is 16.6. The number of amides is 4. The Bertz CT molecular complexity index is 2430. The topological polar surface area (TPSA) is 189 Å². The highest BCUT2D eigenvalue weighted by molar-refractivity contribution is 5.92. The van der Waals surface area contributed by atoms with Crippen LogP contribution < -0.4 is 15.4 Å². The summed E-state index contributed by atoms with van der Waals surface area (Å²) in [4.78, 5) is 71.4. The monoisotopic (exact) mass is 819 g/mol. The number of ether oxygens (including phenoxy) is 3. The number of nitrogens with one attached hydrogen (secondary N) is 4. The van der Waals surface area contributed by atoms with Crippen molar-refractivity contribution in [3.05, 3.63) is 66.5 Å². The molecule has 5 aromatic rings. The molecule has 0 bridgehead atoms. The molecule has 5 atom stereocenters. The van der Waals surface area contributed by atoms with E-state index in [4.69, 9.17) is 24.2 Å². The second kappa shape index (κ2) is 16.4. The lowest BCUT2D eigenvalue weighted by Crippen LogP contribution is -2.51. The molecule has 0 spiro atoms. The number of carbonyl (C=O) groups is 4. The molecule has 0 aliphatic carbocycles. The molecule has 8 rings (SSSR count). The zero-order chi connectivity index (χ0) is 42.4. The first kappa shape index (κ1) is 40.5. The summed E-state index contributed by atoms with van der Waals surface area (Å²) in [6.07, 6.45) is 5.27. The molecule has 0 saturated carbocycles. The van der Waals surface area contributed by atoms with Crippen LogP contribution in [-0.2, 0) is 19.1 Å². The van der Waals surface area contributed by atoms with Gasteiger partial charge in [-0.3, -0.25) is 9.59 Å². The van der Waals surface area contributed by atoms with Crippen LogP contribution in [0.25, 0.3) is 44.7 Å². The van der Waals surface area contributed by atoms with E-state index in [-0.39, 0.29) is 42.0 Å². The van der Waals surface area contributed by atoms with E-state index in [0.29, 0.717) is 24.7 Å². The van der Waals surface area contributed by atoms with Crippen LogP contribution in [0.4, 0.5) is 9.59 Å². The standard InChI is InChI=1S/C44H53N9O7/c1-23(2)37(49-43(56)58-6)41(54)51-16-8-10-33(51)39-45-21-30(47-39)26-13-15-32-28(18-26)19-35-29-14-12-27(20-36(29)60-25(5)53(32)35)31-22-46-40(48-31)34-11-9-17-52(34)42(55)38(24(3)4)50-44(57)59-7/h12-15,18-25,33-34,37-38H,8-11,16-17H2,1-7H3,(H,45,47)(H,46,48)(H,49,56)(H,50,57)/t25?,33-,34-,37-,38-/m0/s1. The Labute approximate surface area is 348 Å². The van der Waals surface area contributed by atoms with Gasteiger partial charge in [-0.15, -0.1) is 0 Å². The van der Waals surface area contributed by atoms with Crippen LogP contribution >= 0.6 is 0 Å². The number of carbonyl (C=O) groups excluding carboxylic acids is 4. The summed E-state index contributed by atoms with van der Waals surface area (Å²) in [5.74, 6) is 1.63. The number of fused-ring (bicyclic) bond motifs is 5. The van der Waals surface area contributed by atoms with Crippen LogP contribution in [-0.4, -0.2) is 97.7 Å². The van der Waals surface area contributed by atoms with Crippen LogP contribution in [0.15, 0.2) is 54.9 Å². The number of methoxy groups -OCH3 is 2. The van der Waals surface area contributed by atoms with Crippen molar-refractivity contribution in [1.29, 1.82) is 0 Å². The van der Waals surface area contributed by atoms with Crippen LogP contribution in [0, 0.1) is 11.8 Å². The predicted molar refractivity (Wildman–Crippen MR) is 224 cm³/mol. The summed E-state index contributed by atoms with van der Waals surface area (Å²) in [5.41, 5.74) is 6.58. The summed E-state index contributed by atoms with van der Waals surface area (Å²) in [5, 5.41) is 6.46. The van der Waals surface area contributed by atoms with E-state index in [9.17, 15) is 19.2 Å². The van der Waals surface area contributed by atoms with Crippen LogP contribution in [0.1, 0.15) is 90.3 Å². The minimum atomic E-state index is -0.706. The van der Waals surface area contributed by atoms with E-state index in [1.807, 2.05) is 57.8 Å². The first-order valence-electron chi connectivity index (χ1n) is 20.7. The Morgan fingerprint density at radius 1 is 0.750 bits per heavy atom. The minimum Gasteiger partial charge on any atom is -0.470 e. The van der Waals surface area contributed by atoms with Crippen molar-refractivity contribution < 1.29 is 33.4 Å². The van der Waals surface area contributed by atoms with E-state index >= 15 is 0 Å². The van der Waals surface area contributed by atoms with Crippen molar-refractivity contribution in [3.63, 3.8) is 0 Å². The van der Waals surface area contributed by atoms with E-state index in [1.165, 1.54) is 14.2 Å². The average Bonchev–Trinajstić information content (AvgIpc) is 4.09. The average molecular weight is 820 g/mol. The Kier molecular flexibility index (Phi) is 11.0. The molecular formula is C44H53N9O7. The number of imidazole rings is 2. The van der Waals surface area contributed by atoms with Crippen molar-refractivity contribution >= 4 is 34.9 Å². The van der Waals surface area contributed by atoms with Gasteiger partial charge >= 0.3 is 12.2 Å². The molecule has 0 radical (unpaired) electrons. The maximum atomic E-state index is 13.7. The lowest BCUT2D eigenvalue weighted by atomic mass is 10.0. The molecule has 60 heavy (non-hydrogen) atoms. The largest absolute Gasteiger partial charge is 0.470 e. The van der Waals surface area contributed by atoms with Crippen molar-refractivity contribution in [2.45, 2.75) is 90.7 Å². The second-order valence-corrected chi connectivity index (χ2v) is 16.6. The molecule has 2 aromatic carbocycles. The number of hydrogen-bond donors (Lipinski definition) is 4. The molecule has 1 unspecified atom stereocenters. The number of benzene rings is 2. The predicted octanol–water partition coefficient (Wildman–Crippen LogP) is 7.09. The molecule has 16 nitrogen and oxygen atoms in total. The molecule has 4 amide bonds. The van der Waals surface area contributed by atoms with Crippen molar-refractivity contribution in [3.8, 4) is 39.5 Å². The quantitative estimate of drug-likeness (QED) is 0.114. The lowest BCUT2D eigenvalue weighted by Gasteiger charge is -2.30. The molecule has 4 N–H and O–H groups in total. The molecule has 16 heteroatoms. The van der Waals surface area contributed by atoms with E-state index in [2.05, 4.69) is 55.5 Å². The van der Waals surface area contributed by atoms with Gasteiger partial charge in [-0.2, -0.15) is 0 Å². The number of H-pyrrole nitrogens is 2. The Morgan fingerprint density at radius 2 is 1.27 bits per heavy atom. The molecule has 6 heterocycles. The maximum absolute atomic E-state index is 13.7. The highest BCUT2D eigenvalue weighted by atomic mass is 16.5. The molecule has 3 aromatic heterocycles. The zero-order valence-electron chi connectivity index (χ0n) is 35.1. The Balaban J connectivity index is 1.01. The Hall–Kier alpha value is -6.32. The molecule has 3 aliphatic heterocycles. The van der Waals surface area contributed by atoms with Gasteiger partial charge in [0, 0.05) is 35.2 Å². The van der Waals surface area contributed by atoms with Gasteiger partial charge in [-0.25, -0.2) is 19.6 Å². The van der Waals surface area contributed by atoms with E-state index in [1.54, 1.807) is 11.1 Å². The van der Waals surface area contributed by atoms with Crippen LogP contribution in [0.5, 0.6) is 5.75 Å². The maximum Gasteiger partial charge on any atom is 0.407 e. The van der Waals surface area contributed by atoms with Gasteiger partial charge < -0.3 is 49.2 Å². The van der Waals surface area contributed by atoms with Crippen molar-refractivity contribution in [2.75, 3.05) is 27.3 Å².